The summed E-state index contributed by atoms with van der Waals surface area (Å²) in [7, 11) is -2.94. The first-order chi connectivity index (χ1) is 17.0. The van der Waals surface area contributed by atoms with Crippen LogP contribution >= 0.6 is 11.3 Å². The minimum Gasteiger partial charge on any atom is -0.571 e. The molecule has 1 aliphatic heterocycles. The van der Waals surface area contributed by atoms with E-state index in [0.29, 0.717) is 23.9 Å². The molecule has 4 heterocycles. The van der Waals surface area contributed by atoms with Crippen LogP contribution in [0.25, 0.3) is 25.6 Å². The van der Waals surface area contributed by atoms with Crippen LogP contribution in [-0.4, -0.2) is 36.2 Å². The van der Waals surface area contributed by atoms with Crippen LogP contribution in [0.3, 0.4) is 0 Å². The van der Waals surface area contributed by atoms with Crippen molar-refractivity contribution in [3.8, 4) is 20.9 Å². The Morgan fingerprint density at radius 2 is 1.68 bits per heavy atom. The summed E-state index contributed by atoms with van der Waals surface area (Å²) in [6, 6.07) is 10.9. The zero-order valence-corrected chi connectivity index (χ0v) is 23.2. The molecule has 1 aliphatic rings. The van der Waals surface area contributed by atoms with E-state index in [4.69, 9.17) is 0 Å². The molecule has 0 radical (unpaired) electrons. The van der Waals surface area contributed by atoms with Crippen molar-refractivity contribution in [2.45, 2.75) is 17.6 Å². The van der Waals surface area contributed by atoms with Gasteiger partial charge in [-0.05, 0) is 30.3 Å². The van der Waals surface area contributed by atoms with Crippen LogP contribution in [0.2, 0.25) is 0 Å². The average Bonchev–Trinajstić information content (AvgIpc) is 3.43. The molecule has 5 rings (SSSR count). The standard InChI is InChI=1S/C24H16F3N4O3S2.Na/c1-31-13-16-8-14(11-29-22(16)23(31)32)19-6-7-20(35-19)15-9-17(12-28-10-15)30-36(33,34)21-5-3-2-4-18(21)24(25,26)27;/h2-12H,13H2,1H3;/q-1;+1. The van der Waals surface area contributed by atoms with Gasteiger partial charge in [0.05, 0.1) is 10.5 Å². The molecule has 0 unspecified atom stereocenters. The molecule has 0 spiro atoms. The summed E-state index contributed by atoms with van der Waals surface area (Å²) in [5, 5.41) is 0. The normalized spacial score (nSPS) is 13.3. The Bertz CT molecular complexity index is 1610. The predicted octanol–water partition coefficient (Wildman–Crippen LogP) is 2.87. The van der Waals surface area contributed by atoms with Crippen LogP contribution in [0.5, 0.6) is 0 Å². The maximum absolute atomic E-state index is 13.3. The molecule has 184 valence electrons. The molecule has 4 aromatic rings. The number of sulfonamides is 1. The third kappa shape index (κ3) is 5.43. The molecular formula is C24H16F3N4NaO3S2. The van der Waals surface area contributed by atoms with Gasteiger partial charge < -0.3 is 9.62 Å². The predicted molar refractivity (Wildman–Crippen MR) is 128 cm³/mol. The van der Waals surface area contributed by atoms with Crippen molar-refractivity contribution >= 4 is 33.0 Å². The number of hydrogen-bond acceptors (Lipinski definition) is 6. The Hall–Kier alpha value is -2.77. The zero-order valence-electron chi connectivity index (χ0n) is 19.5. The van der Waals surface area contributed by atoms with Gasteiger partial charge in [0.1, 0.15) is 15.7 Å². The van der Waals surface area contributed by atoms with E-state index < -0.39 is 26.7 Å². The van der Waals surface area contributed by atoms with E-state index in [1.165, 1.54) is 35.9 Å². The van der Waals surface area contributed by atoms with Crippen LogP contribution in [0.1, 0.15) is 21.6 Å². The van der Waals surface area contributed by atoms with Gasteiger partial charge in [-0.3, -0.25) is 14.8 Å². The van der Waals surface area contributed by atoms with E-state index in [1.54, 1.807) is 18.1 Å². The summed E-state index contributed by atoms with van der Waals surface area (Å²) in [5.41, 5.74) is 1.27. The van der Waals surface area contributed by atoms with Gasteiger partial charge in [0.2, 0.25) is 0 Å². The molecule has 0 fully saturated rings. The number of nitrogens with zero attached hydrogens (tertiary/aromatic N) is 4. The number of alkyl halides is 3. The number of fused-ring (bicyclic) bond motifs is 1. The molecule has 0 saturated carbocycles. The van der Waals surface area contributed by atoms with Gasteiger partial charge >= 0.3 is 35.7 Å². The fourth-order valence-corrected chi connectivity index (χ4v) is 6.00. The SMILES string of the molecule is CN1Cc2cc(-c3ccc(-c4cncc([N-]S(=O)(=O)c5ccccc5C(F)(F)F)c4)s3)cnc2C1=O.[Na+]. The molecular weight excluding hydrogens is 536 g/mol. The van der Waals surface area contributed by atoms with Crippen LogP contribution in [0.4, 0.5) is 18.9 Å². The molecule has 0 N–H and O–H groups in total. The maximum atomic E-state index is 13.3. The summed E-state index contributed by atoms with van der Waals surface area (Å²) in [6.07, 6.45) is -0.537. The molecule has 0 atom stereocenters. The van der Waals surface area contributed by atoms with Crippen molar-refractivity contribution in [3.63, 3.8) is 0 Å². The minimum atomic E-state index is -4.85. The Morgan fingerprint density at radius 3 is 2.38 bits per heavy atom. The number of aromatic nitrogens is 2. The van der Waals surface area contributed by atoms with E-state index in [-0.39, 0.29) is 41.2 Å². The Labute approximate surface area is 236 Å². The first-order valence-corrected chi connectivity index (χ1v) is 12.7. The summed E-state index contributed by atoms with van der Waals surface area (Å²) in [5.74, 6) is -0.122. The summed E-state index contributed by atoms with van der Waals surface area (Å²) >= 11 is 1.40. The molecule has 0 saturated heterocycles. The van der Waals surface area contributed by atoms with Crippen molar-refractivity contribution in [1.29, 1.82) is 0 Å². The number of pyridine rings is 2. The largest absolute Gasteiger partial charge is 1.00 e. The average molecular weight is 553 g/mol. The monoisotopic (exact) mass is 552 g/mol. The van der Waals surface area contributed by atoms with E-state index in [1.807, 2.05) is 18.2 Å². The van der Waals surface area contributed by atoms with Gasteiger partial charge in [-0.15, -0.1) is 17.0 Å². The molecule has 0 aliphatic carbocycles. The maximum Gasteiger partial charge on any atom is 1.00 e. The topological polar surface area (TPSA) is 94.3 Å². The van der Waals surface area contributed by atoms with Crippen molar-refractivity contribution < 1.29 is 55.9 Å². The molecule has 3 aromatic heterocycles. The van der Waals surface area contributed by atoms with E-state index in [2.05, 4.69) is 14.7 Å². The van der Waals surface area contributed by atoms with E-state index in [0.717, 1.165) is 33.0 Å². The fourth-order valence-electron chi connectivity index (χ4n) is 3.84. The smallest absolute Gasteiger partial charge is 0.571 e. The summed E-state index contributed by atoms with van der Waals surface area (Å²) < 4.78 is 69.0. The number of benzene rings is 1. The second kappa shape index (κ2) is 10.2. The number of rotatable bonds is 5. The third-order valence-corrected chi connectivity index (χ3v) is 8.06. The number of amides is 1. The van der Waals surface area contributed by atoms with Crippen LogP contribution in [-0.2, 0) is 22.7 Å². The second-order valence-corrected chi connectivity index (χ2v) is 10.7. The van der Waals surface area contributed by atoms with E-state index in [9.17, 15) is 26.4 Å². The first kappa shape index (κ1) is 27.3. The van der Waals surface area contributed by atoms with Gasteiger partial charge in [-0.1, -0.05) is 18.2 Å². The van der Waals surface area contributed by atoms with Crippen molar-refractivity contribution in [3.05, 3.63) is 88.7 Å². The molecule has 37 heavy (non-hydrogen) atoms. The number of carbonyl (C=O) groups is 1. The molecule has 1 aromatic carbocycles. The number of halogens is 3. The number of carbonyl (C=O) groups excluding carboxylic acids is 1. The van der Waals surface area contributed by atoms with Crippen LogP contribution < -0.4 is 29.6 Å². The summed E-state index contributed by atoms with van der Waals surface area (Å²) in [6.45, 7) is 0.479. The Kier molecular flexibility index (Phi) is 7.50. The molecule has 0 bridgehead atoms. The zero-order chi connectivity index (χ0) is 25.7. The fraction of sp³-hybridized carbons (Fsp3) is 0.125. The molecule has 13 heteroatoms. The quantitative estimate of drug-likeness (QED) is 0.355. The number of thiophene rings is 1. The van der Waals surface area contributed by atoms with Gasteiger partial charge in [0, 0.05) is 58.6 Å². The second-order valence-electron chi connectivity index (χ2n) is 8.05. The van der Waals surface area contributed by atoms with Crippen molar-refractivity contribution in [2.24, 2.45) is 0 Å². The summed E-state index contributed by atoms with van der Waals surface area (Å²) in [4.78, 5) is 22.7. The van der Waals surface area contributed by atoms with Crippen LogP contribution in [0, 0.1) is 0 Å². The third-order valence-electron chi connectivity index (χ3n) is 5.52. The van der Waals surface area contributed by atoms with Crippen molar-refractivity contribution in [1.82, 2.24) is 14.9 Å². The Morgan fingerprint density at radius 1 is 1.00 bits per heavy atom. The number of hydrogen-bond donors (Lipinski definition) is 0. The minimum absolute atomic E-state index is 0. The molecule has 7 nitrogen and oxygen atoms in total. The van der Waals surface area contributed by atoms with Crippen molar-refractivity contribution in [2.75, 3.05) is 7.05 Å². The molecule has 1 amide bonds. The Balaban J connectivity index is 0.00000320. The van der Waals surface area contributed by atoms with Gasteiger partial charge in [-0.25, -0.2) is 8.42 Å². The van der Waals surface area contributed by atoms with Crippen LogP contribution in [0.15, 0.2) is 72.0 Å². The van der Waals surface area contributed by atoms with Gasteiger partial charge in [-0.2, -0.15) is 13.2 Å². The van der Waals surface area contributed by atoms with Gasteiger partial charge in [0.25, 0.3) is 5.91 Å². The first-order valence-electron chi connectivity index (χ1n) is 10.5. The van der Waals surface area contributed by atoms with Gasteiger partial charge in [0.15, 0.2) is 0 Å². The van der Waals surface area contributed by atoms with E-state index >= 15 is 0 Å².